The van der Waals surface area contributed by atoms with Crippen molar-refractivity contribution < 1.29 is 14.7 Å². The first-order chi connectivity index (χ1) is 9.97. The summed E-state index contributed by atoms with van der Waals surface area (Å²) in [6, 6.07) is 8.46. The third kappa shape index (κ3) is 3.68. The lowest BCUT2D eigenvalue weighted by atomic mass is 10.0. The van der Waals surface area contributed by atoms with Crippen LogP contribution in [0, 0.1) is 5.92 Å². The molecule has 0 bridgehead atoms. The van der Waals surface area contributed by atoms with Crippen molar-refractivity contribution in [1.82, 2.24) is 10.3 Å². The zero-order valence-electron chi connectivity index (χ0n) is 11.8. The Balaban J connectivity index is 2.02. The van der Waals surface area contributed by atoms with Gasteiger partial charge in [0, 0.05) is 11.4 Å². The molecule has 2 rings (SSSR count). The summed E-state index contributed by atoms with van der Waals surface area (Å²) in [7, 11) is 0. The number of pyridine rings is 1. The Labute approximate surface area is 122 Å². The minimum atomic E-state index is -0.949. The van der Waals surface area contributed by atoms with Gasteiger partial charge in [-0.1, -0.05) is 18.2 Å². The van der Waals surface area contributed by atoms with Crippen LogP contribution in [0.5, 0.6) is 0 Å². The number of urea groups is 1. The summed E-state index contributed by atoms with van der Waals surface area (Å²) in [4.78, 5) is 26.9. The van der Waals surface area contributed by atoms with Crippen LogP contribution in [-0.4, -0.2) is 28.1 Å². The number of aliphatic carboxylic acids is 1. The molecule has 0 fully saturated rings. The van der Waals surface area contributed by atoms with Gasteiger partial charge in [0.2, 0.25) is 0 Å². The second-order valence-electron chi connectivity index (χ2n) is 4.93. The van der Waals surface area contributed by atoms with Crippen molar-refractivity contribution >= 4 is 28.6 Å². The van der Waals surface area contributed by atoms with E-state index in [0.29, 0.717) is 5.69 Å². The Morgan fingerprint density at radius 2 is 1.95 bits per heavy atom. The molecular formula is C15H17N3O3. The maximum absolute atomic E-state index is 11.8. The molecule has 0 spiro atoms. The highest BCUT2D eigenvalue weighted by Crippen LogP contribution is 2.16. The van der Waals surface area contributed by atoms with E-state index in [9.17, 15) is 9.59 Å². The zero-order chi connectivity index (χ0) is 15.4. The molecular weight excluding hydrogens is 270 g/mol. The summed E-state index contributed by atoms with van der Waals surface area (Å²) >= 11 is 0. The topological polar surface area (TPSA) is 91.3 Å². The number of carboxylic acid groups (broad SMARTS) is 1. The van der Waals surface area contributed by atoms with Gasteiger partial charge in [0.05, 0.1) is 23.3 Å². The SMILES string of the molecule is CC(NC(=O)Nc1cnc2ccccc2c1)C(C)C(=O)O. The highest BCUT2D eigenvalue weighted by atomic mass is 16.4. The van der Waals surface area contributed by atoms with Crippen molar-refractivity contribution in [3.05, 3.63) is 36.5 Å². The van der Waals surface area contributed by atoms with Crippen LogP contribution in [0.4, 0.5) is 10.5 Å². The van der Waals surface area contributed by atoms with E-state index in [-0.39, 0.29) is 0 Å². The maximum atomic E-state index is 11.8. The molecule has 2 atom stereocenters. The van der Waals surface area contributed by atoms with Gasteiger partial charge in [0.25, 0.3) is 0 Å². The second-order valence-corrected chi connectivity index (χ2v) is 4.93. The van der Waals surface area contributed by atoms with Gasteiger partial charge in [-0.05, 0) is 26.0 Å². The number of rotatable bonds is 4. The van der Waals surface area contributed by atoms with Crippen LogP contribution in [-0.2, 0) is 4.79 Å². The van der Waals surface area contributed by atoms with Crippen LogP contribution in [0.1, 0.15) is 13.8 Å². The van der Waals surface area contributed by atoms with Crippen molar-refractivity contribution in [3.8, 4) is 0 Å². The zero-order valence-corrected chi connectivity index (χ0v) is 11.8. The van der Waals surface area contributed by atoms with Crippen molar-refractivity contribution in [3.63, 3.8) is 0 Å². The van der Waals surface area contributed by atoms with E-state index in [4.69, 9.17) is 5.11 Å². The quantitative estimate of drug-likeness (QED) is 0.805. The van der Waals surface area contributed by atoms with E-state index in [1.807, 2.05) is 30.3 Å². The van der Waals surface area contributed by atoms with E-state index in [0.717, 1.165) is 10.9 Å². The number of aromatic nitrogens is 1. The molecule has 6 nitrogen and oxygen atoms in total. The molecule has 0 aliphatic carbocycles. The van der Waals surface area contributed by atoms with Gasteiger partial charge in [-0.2, -0.15) is 0 Å². The van der Waals surface area contributed by atoms with E-state index in [1.165, 1.54) is 0 Å². The lowest BCUT2D eigenvalue weighted by Gasteiger charge is -2.18. The molecule has 0 aliphatic rings. The van der Waals surface area contributed by atoms with Crippen molar-refractivity contribution in [2.24, 2.45) is 5.92 Å². The van der Waals surface area contributed by atoms with Crippen molar-refractivity contribution in [2.45, 2.75) is 19.9 Å². The van der Waals surface area contributed by atoms with Crippen LogP contribution >= 0.6 is 0 Å². The van der Waals surface area contributed by atoms with Gasteiger partial charge >= 0.3 is 12.0 Å². The van der Waals surface area contributed by atoms with Crippen LogP contribution in [0.3, 0.4) is 0 Å². The molecule has 6 heteroatoms. The predicted octanol–water partition coefficient (Wildman–Crippen LogP) is 2.47. The molecule has 0 aliphatic heterocycles. The van der Waals surface area contributed by atoms with Gasteiger partial charge in [-0.15, -0.1) is 0 Å². The number of anilines is 1. The molecule has 1 aromatic carbocycles. The lowest BCUT2D eigenvalue weighted by molar-refractivity contribution is -0.141. The van der Waals surface area contributed by atoms with Gasteiger partial charge in [-0.25, -0.2) is 4.79 Å². The molecule has 2 aromatic rings. The summed E-state index contributed by atoms with van der Waals surface area (Å²) in [6.45, 7) is 3.20. The molecule has 3 N–H and O–H groups in total. The fourth-order valence-corrected chi connectivity index (χ4v) is 1.85. The highest BCUT2D eigenvalue weighted by molar-refractivity contribution is 5.92. The molecule has 2 amide bonds. The number of carboxylic acids is 1. The average Bonchev–Trinajstić information content (AvgIpc) is 2.45. The molecule has 0 saturated heterocycles. The molecule has 0 saturated carbocycles. The molecule has 21 heavy (non-hydrogen) atoms. The van der Waals surface area contributed by atoms with Gasteiger partial charge in [0.15, 0.2) is 0 Å². The number of hydrogen-bond acceptors (Lipinski definition) is 3. The first-order valence-corrected chi connectivity index (χ1v) is 6.62. The standard InChI is InChI=1S/C15H17N3O3/c1-9(14(19)20)10(2)17-15(21)18-12-7-11-5-3-4-6-13(11)16-8-12/h3-10H,1-2H3,(H,19,20)(H2,17,18,21). The Morgan fingerprint density at radius 3 is 2.67 bits per heavy atom. The third-order valence-corrected chi connectivity index (χ3v) is 3.35. The lowest BCUT2D eigenvalue weighted by Crippen LogP contribution is -2.42. The minimum absolute atomic E-state index is 0.451. The largest absolute Gasteiger partial charge is 0.481 e. The van der Waals surface area contributed by atoms with Crippen molar-refractivity contribution in [2.75, 3.05) is 5.32 Å². The number of nitrogens with one attached hydrogen (secondary N) is 2. The van der Waals surface area contributed by atoms with Crippen LogP contribution in [0.15, 0.2) is 36.5 Å². The molecule has 1 heterocycles. The maximum Gasteiger partial charge on any atom is 0.319 e. The number of para-hydroxylation sites is 1. The average molecular weight is 287 g/mol. The van der Waals surface area contributed by atoms with E-state index in [2.05, 4.69) is 15.6 Å². The van der Waals surface area contributed by atoms with E-state index >= 15 is 0 Å². The smallest absolute Gasteiger partial charge is 0.319 e. The molecule has 1 aromatic heterocycles. The van der Waals surface area contributed by atoms with Gasteiger partial charge < -0.3 is 15.7 Å². The predicted molar refractivity (Wildman–Crippen MR) is 80.2 cm³/mol. The number of fused-ring (bicyclic) bond motifs is 1. The Morgan fingerprint density at radius 1 is 1.24 bits per heavy atom. The summed E-state index contributed by atoms with van der Waals surface area (Å²) in [5.74, 6) is -1.61. The Bertz CT molecular complexity index is 672. The normalized spacial score (nSPS) is 13.4. The van der Waals surface area contributed by atoms with Crippen molar-refractivity contribution in [1.29, 1.82) is 0 Å². The first-order valence-electron chi connectivity index (χ1n) is 6.62. The highest BCUT2D eigenvalue weighted by Gasteiger charge is 2.20. The first kappa shape index (κ1) is 14.8. The van der Waals surface area contributed by atoms with Gasteiger partial charge in [0.1, 0.15) is 0 Å². The third-order valence-electron chi connectivity index (χ3n) is 3.35. The fourth-order valence-electron chi connectivity index (χ4n) is 1.85. The molecule has 0 radical (unpaired) electrons. The monoisotopic (exact) mass is 287 g/mol. The number of hydrogen-bond donors (Lipinski definition) is 3. The Hall–Kier alpha value is -2.63. The molecule has 2 unspecified atom stereocenters. The summed E-state index contributed by atoms with van der Waals surface area (Å²) in [5.41, 5.74) is 1.40. The number of carbonyl (C=O) groups is 2. The van der Waals surface area contributed by atoms with E-state index < -0.39 is 24.0 Å². The van der Waals surface area contributed by atoms with Crippen LogP contribution in [0.25, 0.3) is 10.9 Å². The number of benzene rings is 1. The van der Waals surface area contributed by atoms with Gasteiger partial charge in [-0.3, -0.25) is 9.78 Å². The minimum Gasteiger partial charge on any atom is -0.481 e. The summed E-state index contributed by atoms with van der Waals surface area (Å²) in [6.07, 6.45) is 1.56. The number of nitrogens with zero attached hydrogens (tertiary/aromatic N) is 1. The fraction of sp³-hybridized carbons (Fsp3) is 0.267. The second kappa shape index (κ2) is 6.21. The Kier molecular flexibility index (Phi) is 4.37. The summed E-state index contributed by atoms with van der Waals surface area (Å²) < 4.78 is 0. The number of carbonyl (C=O) groups excluding carboxylic acids is 1. The van der Waals surface area contributed by atoms with Crippen LogP contribution in [0.2, 0.25) is 0 Å². The summed E-state index contributed by atoms with van der Waals surface area (Å²) in [5, 5.41) is 15.1. The molecule has 110 valence electrons. The van der Waals surface area contributed by atoms with E-state index in [1.54, 1.807) is 20.0 Å². The van der Waals surface area contributed by atoms with Crippen LogP contribution < -0.4 is 10.6 Å². The number of amides is 2.